The van der Waals surface area contributed by atoms with Crippen LogP contribution in [-0.2, 0) is 13.6 Å². The van der Waals surface area contributed by atoms with Gasteiger partial charge >= 0.3 is 8.25 Å². The average Bonchev–Trinajstić information content (AvgIpc) is 1.99. The first-order chi connectivity index (χ1) is 5.31. The van der Waals surface area contributed by atoms with Crippen LogP contribution < -0.4 is 0 Å². The van der Waals surface area contributed by atoms with Crippen LogP contribution in [0.25, 0.3) is 0 Å². The molecule has 3 nitrogen and oxygen atoms in total. The highest BCUT2D eigenvalue weighted by Crippen LogP contribution is 2.23. The van der Waals surface area contributed by atoms with Crippen molar-refractivity contribution in [3.8, 4) is 0 Å². The zero-order chi connectivity index (χ0) is 8.53. The number of unbranched alkanes of at least 4 members (excludes halogenated alkanes) is 2. The first kappa shape index (κ1) is 10.7. The van der Waals surface area contributed by atoms with Crippen molar-refractivity contribution >= 4 is 8.25 Å². The molecule has 0 aliphatic carbocycles. The van der Waals surface area contributed by atoms with Gasteiger partial charge in [0, 0.05) is 0 Å². The highest BCUT2D eigenvalue weighted by atomic mass is 31.1. The van der Waals surface area contributed by atoms with Gasteiger partial charge in [0.25, 0.3) is 0 Å². The van der Waals surface area contributed by atoms with E-state index < -0.39 is 8.25 Å². The second-order valence-electron chi connectivity index (χ2n) is 2.09. The minimum atomic E-state index is -2.29. The van der Waals surface area contributed by atoms with Crippen LogP contribution >= 0.6 is 8.25 Å². The monoisotopic (exact) mass is 178 g/mol. The highest BCUT2D eigenvalue weighted by molar-refractivity contribution is 7.33. The van der Waals surface area contributed by atoms with Gasteiger partial charge in [0.05, 0.1) is 12.9 Å². The fraction of sp³-hybridized carbons (Fsp3) is 0.714. The van der Waals surface area contributed by atoms with E-state index in [0.29, 0.717) is 6.61 Å². The molecule has 0 saturated carbocycles. The lowest BCUT2D eigenvalue weighted by Gasteiger charge is -2.01. The lowest BCUT2D eigenvalue weighted by molar-refractivity contribution is 0.265. The van der Waals surface area contributed by atoms with Gasteiger partial charge in [-0.05, 0) is 6.42 Å². The summed E-state index contributed by atoms with van der Waals surface area (Å²) in [7, 11) is -2.29. The second-order valence-corrected chi connectivity index (χ2v) is 3.11. The van der Waals surface area contributed by atoms with Crippen molar-refractivity contribution in [1.82, 2.24) is 0 Å². The predicted molar refractivity (Wildman–Crippen MR) is 45.8 cm³/mol. The molecule has 66 valence electrons. The molecule has 0 rings (SSSR count). The molecule has 0 spiro atoms. The molecule has 0 N–H and O–H groups in total. The first-order valence-electron chi connectivity index (χ1n) is 3.75. The number of hydrogen-bond acceptors (Lipinski definition) is 3. The summed E-state index contributed by atoms with van der Waals surface area (Å²) in [5.41, 5.74) is 0. The van der Waals surface area contributed by atoms with Crippen molar-refractivity contribution in [3.05, 3.63) is 12.8 Å². The molecule has 0 heterocycles. The van der Waals surface area contributed by atoms with Gasteiger partial charge in [0.15, 0.2) is 0 Å². The quantitative estimate of drug-likeness (QED) is 0.341. The summed E-state index contributed by atoms with van der Waals surface area (Å²) in [6.07, 6.45) is 4.31. The van der Waals surface area contributed by atoms with Crippen LogP contribution in [0.4, 0.5) is 0 Å². The van der Waals surface area contributed by atoms with Crippen molar-refractivity contribution in [2.75, 3.05) is 6.61 Å². The zero-order valence-corrected chi connectivity index (χ0v) is 7.84. The van der Waals surface area contributed by atoms with Gasteiger partial charge < -0.3 is 9.05 Å². The molecule has 0 aromatic carbocycles. The van der Waals surface area contributed by atoms with Crippen molar-refractivity contribution < 1.29 is 13.6 Å². The summed E-state index contributed by atoms with van der Waals surface area (Å²) >= 11 is 0. The van der Waals surface area contributed by atoms with Gasteiger partial charge in [-0.25, -0.2) is 4.57 Å². The van der Waals surface area contributed by atoms with Gasteiger partial charge in [-0.15, -0.1) is 0 Å². The third kappa shape index (κ3) is 7.63. The third-order valence-electron chi connectivity index (χ3n) is 1.15. The molecule has 0 saturated heterocycles. The number of rotatable bonds is 7. The summed E-state index contributed by atoms with van der Waals surface area (Å²) in [5.74, 6) is 0. The lowest BCUT2D eigenvalue weighted by atomic mass is 10.3. The smallest absolute Gasteiger partial charge is 0.367 e. The highest BCUT2D eigenvalue weighted by Gasteiger charge is 1.94. The van der Waals surface area contributed by atoms with E-state index in [-0.39, 0.29) is 0 Å². The molecule has 0 aromatic heterocycles. The fourth-order valence-electron chi connectivity index (χ4n) is 0.610. The average molecular weight is 178 g/mol. The van der Waals surface area contributed by atoms with E-state index in [2.05, 4.69) is 18.0 Å². The van der Waals surface area contributed by atoms with Gasteiger partial charge in [-0.1, -0.05) is 26.3 Å². The fourth-order valence-corrected chi connectivity index (χ4v) is 1.12. The summed E-state index contributed by atoms with van der Waals surface area (Å²) in [4.78, 5) is 0. The van der Waals surface area contributed by atoms with Crippen molar-refractivity contribution in [1.29, 1.82) is 0 Å². The summed E-state index contributed by atoms with van der Waals surface area (Å²) in [5, 5.41) is 0. The molecule has 0 amide bonds. The van der Waals surface area contributed by atoms with Crippen molar-refractivity contribution in [3.63, 3.8) is 0 Å². The van der Waals surface area contributed by atoms with Gasteiger partial charge in [-0.2, -0.15) is 0 Å². The van der Waals surface area contributed by atoms with Crippen molar-refractivity contribution in [2.24, 2.45) is 0 Å². The van der Waals surface area contributed by atoms with Crippen LogP contribution in [0.2, 0.25) is 0 Å². The predicted octanol–water partition coefficient (Wildman–Crippen LogP) is 2.74. The largest absolute Gasteiger partial charge is 0.435 e. The van der Waals surface area contributed by atoms with Crippen LogP contribution in [-0.4, -0.2) is 6.61 Å². The van der Waals surface area contributed by atoms with Crippen molar-refractivity contribution in [2.45, 2.75) is 26.2 Å². The van der Waals surface area contributed by atoms with E-state index in [1.807, 2.05) is 0 Å². The van der Waals surface area contributed by atoms with Crippen LogP contribution in [0.3, 0.4) is 0 Å². The maximum absolute atomic E-state index is 10.7. The molecule has 0 fully saturated rings. The Bertz CT molecular complexity index is 125. The normalized spacial score (nSPS) is 12.5. The van der Waals surface area contributed by atoms with E-state index in [0.717, 1.165) is 25.5 Å². The number of hydrogen-bond donors (Lipinski definition) is 0. The molecule has 4 heteroatoms. The lowest BCUT2D eigenvalue weighted by Crippen LogP contribution is -1.86. The Labute approximate surface area is 68.3 Å². The van der Waals surface area contributed by atoms with Gasteiger partial charge in [0.1, 0.15) is 0 Å². The van der Waals surface area contributed by atoms with E-state index in [1.165, 1.54) is 0 Å². The minimum Gasteiger partial charge on any atom is -0.435 e. The van der Waals surface area contributed by atoms with Crippen LogP contribution in [0.1, 0.15) is 26.2 Å². The summed E-state index contributed by atoms with van der Waals surface area (Å²) < 4.78 is 20.0. The van der Waals surface area contributed by atoms with Gasteiger partial charge in [-0.3, -0.25) is 0 Å². The van der Waals surface area contributed by atoms with E-state index in [1.54, 1.807) is 0 Å². The topological polar surface area (TPSA) is 35.5 Å². The molecule has 0 bridgehead atoms. The molecule has 1 unspecified atom stereocenters. The second kappa shape index (κ2) is 7.83. The zero-order valence-electron chi connectivity index (χ0n) is 6.84. The Kier molecular flexibility index (Phi) is 7.64. The first-order valence-corrected chi connectivity index (χ1v) is 4.98. The summed E-state index contributed by atoms with van der Waals surface area (Å²) in [6, 6.07) is 0. The van der Waals surface area contributed by atoms with Crippen LogP contribution in [0, 0.1) is 0 Å². The molecule has 11 heavy (non-hydrogen) atoms. The molecule has 1 atom stereocenters. The van der Waals surface area contributed by atoms with E-state index >= 15 is 0 Å². The molecule has 0 aliphatic heterocycles. The van der Waals surface area contributed by atoms with Crippen LogP contribution in [0.5, 0.6) is 0 Å². The maximum atomic E-state index is 10.7. The molecular weight excluding hydrogens is 163 g/mol. The molecular formula is C7H15O3P. The minimum absolute atomic E-state index is 0.513. The Morgan fingerprint density at radius 2 is 2.27 bits per heavy atom. The summed E-state index contributed by atoms with van der Waals surface area (Å²) in [6.45, 7) is 5.88. The Balaban J connectivity index is 3.10. The Morgan fingerprint density at radius 3 is 2.82 bits per heavy atom. The standard InChI is InChI=1S/C7H15O3P/c1-3-5-6-7-10-11(8)9-4-2/h4,11H,2-3,5-7H2,1H3. The van der Waals surface area contributed by atoms with Crippen LogP contribution in [0.15, 0.2) is 12.8 Å². The molecule has 0 aromatic rings. The maximum Gasteiger partial charge on any atom is 0.367 e. The van der Waals surface area contributed by atoms with E-state index in [4.69, 9.17) is 4.52 Å². The SMILES string of the molecule is C=CO[PH](=O)OCCCCC. The Hall–Kier alpha value is -0.270. The van der Waals surface area contributed by atoms with Gasteiger partial charge in [0.2, 0.25) is 0 Å². The Morgan fingerprint density at radius 1 is 1.55 bits per heavy atom. The molecule has 0 aliphatic rings. The third-order valence-corrected chi connectivity index (χ3v) is 1.95. The van der Waals surface area contributed by atoms with E-state index in [9.17, 15) is 4.57 Å². The molecule has 0 radical (unpaired) electrons.